The predicted molar refractivity (Wildman–Crippen MR) is 70.5 cm³/mol. The summed E-state index contributed by atoms with van der Waals surface area (Å²) in [7, 11) is -6.64. The molecule has 1 N–H and O–H groups in total. The smallest absolute Gasteiger partial charge is 0.213 e. The van der Waals surface area contributed by atoms with Crippen LogP contribution in [0.4, 0.5) is 0 Å². The molecule has 0 aromatic heterocycles. The average molecular weight is 309 g/mol. The van der Waals surface area contributed by atoms with Gasteiger partial charge in [-0.05, 0) is 28.9 Å². The van der Waals surface area contributed by atoms with Gasteiger partial charge in [-0.25, -0.2) is 4.18 Å². The summed E-state index contributed by atoms with van der Waals surface area (Å²) in [5, 5.41) is 0. The number of aryl methyl sites for hydroxylation is 1. The molecule has 1 unspecified atom stereocenters. The predicted octanol–water partition coefficient (Wildman–Crippen LogP) is 2.50. The van der Waals surface area contributed by atoms with Crippen LogP contribution in [-0.2, 0) is 18.9 Å². The van der Waals surface area contributed by atoms with Crippen LogP contribution in [0, 0.1) is 6.92 Å². The van der Waals surface area contributed by atoms with Crippen molar-refractivity contribution in [2.45, 2.75) is 23.6 Å². The summed E-state index contributed by atoms with van der Waals surface area (Å²) < 4.78 is 39.1. The summed E-state index contributed by atoms with van der Waals surface area (Å²) in [4.78, 5) is 9.29. The Labute approximate surface area is 112 Å². The van der Waals surface area contributed by atoms with E-state index in [9.17, 15) is 13.0 Å². The highest BCUT2D eigenvalue weighted by atomic mass is 32.2. The van der Waals surface area contributed by atoms with Crippen molar-refractivity contribution in [3.05, 3.63) is 23.8 Å². The van der Waals surface area contributed by atoms with Gasteiger partial charge in [-0.3, -0.25) is 0 Å². The van der Waals surface area contributed by atoms with E-state index in [0.29, 0.717) is 10.5 Å². The van der Waals surface area contributed by atoms with Crippen molar-refractivity contribution in [3.8, 4) is 0 Å². The molecule has 0 radical (unpaired) electrons. The van der Waals surface area contributed by atoms with E-state index in [0.717, 1.165) is 5.75 Å². The molecule has 0 saturated heterocycles. The lowest BCUT2D eigenvalue weighted by molar-refractivity contribution is 0.354. The van der Waals surface area contributed by atoms with Crippen molar-refractivity contribution in [1.29, 1.82) is 0 Å². The Morgan fingerprint density at radius 3 is 2.67 bits per heavy atom. The topological polar surface area (TPSA) is 80.7 Å². The SMILES string of the molecule is CCSc1cccc(C)c1S(=O)(=O)OC[P+](=O)O. The molecule has 0 aliphatic carbocycles. The zero-order valence-corrected chi connectivity index (χ0v) is 12.5. The van der Waals surface area contributed by atoms with Gasteiger partial charge >= 0.3 is 18.1 Å². The molecule has 18 heavy (non-hydrogen) atoms. The third-order valence-electron chi connectivity index (χ3n) is 2.04. The lowest BCUT2D eigenvalue weighted by atomic mass is 10.2. The van der Waals surface area contributed by atoms with E-state index in [-0.39, 0.29) is 4.90 Å². The van der Waals surface area contributed by atoms with Gasteiger partial charge in [0.1, 0.15) is 4.90 Å². The number of hydrogen-bond acceptors (Lipinski definition) is 5. The van der Waals surface area contributed by atoms with Gasteiger partial charge in [-0.1, -0.05) is 19.1 Å². The third kappa shape index (κ3) is 4.03. The zero-order valence-electron chi connectivity index (χ0n) is 9.99. The van der Waals surface area contributed by atoms with E-state index < -0.39 is 24.5 Å². The molecule has 0 heterocycles. The van der Waals surface area contributed by atoms with Crippen LogP contribution in [0.15, 0.2) is 28.0 Å². The van der Waals surface area contributed by atoms with Gasteiger partial charge < -0.3 is 0 Å². The molecule has 0 amide bonds. The van der Waals surface area contributed by atoms with Crippen molar-refractivity contribution in [2.24, 2.45) is 0 Å². The van der Waals surface area contributed by atoms with Crippen LogP contribution >= 0.6 is 19.8 Å². The van der Waals surface area contributed by atoms with Gasteiger partial charge in [0.15, 0.2) is 0 Å². The first-order chi connectivity index (χ1) is 8.38. The monoisotopic (exact) mass is 309 g/mol. The Hall–Kier alpha value is -0.460. The maximum atomic E-state index is 12.0. The molecule has 1 rings (SSSR count). The molecule has 1 atom stereocenters. The minimum absolute atomic E-state index is 0.0775. The third-order valence-corrected chi connectivity index (χ3v) is 5.11. The van der Waals surface area contributed by atoms with Gasteiger partial charge in [0.05, 0.1) is 0 Å². The van der Waals surface area contributed by atoms with E-state index in [4.69, 9.17) is 4.89 Å². The van der Waals surface area contributed by atoms with Crippen molar-refractivity contribution in [3.63, 3.8) is 0 Å². The standard InChI is InChI=1S/C10H13O5PS2/c1-3-17-9-6-4-5-8(2)10(9)18(13,14)15-7-16(11)12/h4-6H,3,7H2,1-2H3/p+1. The molecule has 0 aliphatic rings. The molecule has 0 spiro atoms. The van der Waals surface area contributed by atoms with E-state index in [1.807, 2.05) is 6.92 Å². The lowest BCUT2D eigenvalue weighted by Gasteiger charge is -2.10. The molecule has 0 fully saturated rings. The summed E-state index contributed by atoms with van der Waals surface area (Å²) in [6.45, 7) is 3.57. The second-order valence-corrected chi connectivity index (χ2v) is 7.21. The number of thioether (sulfide) groups is 1. The number of benzene rings is 1. The Morgan fingerprint density at radius 2 is 2.11 bits per heavy atom. The second-order valence-electron chi connectivity index (χ2n) is 3.39. The van der Waals surface area contributed by atoms with Crippen LogP contribution in [0.5, 0.6) is 0 Å². The second kappa shape index (κ2) is 6.63. The van der Waals surface area contributed by atoms with E-state index >= 15 is 0 Å². The van der Waals surface area contributed by atoms with Crippen LogP contribution < -0.4 is 0 Å². The molecule has 0 saturated carbocycles. The van der Waals surface area contributed by atoms with Crippen molar-refractivity contribution < 1.29 is 22.1 Å². The fourth-order valence-electron chi connectivity index (χ4n) is 1.39. The molecule has 5 nitrogen and oxygen atoms in total. The molecule has 0 aliphatic heterocycles. The van der Waals surface area contributed by atoms with Crippen LogP contribution in [0.25, 0.3) is 0 Å². The maximum absolute atomic E-state index is 12.0. The van der Waals surface area contributed by atoms with E-state index in [2.05, 4.69) is 4.18 Å². The van der Waals surface area contributed by atoms with Crippen molar-refractivity contribution >= 4 is 29.9 Å². The molecule has 0 bridgehead atoms. The van der Waals surface area contributed by atoms with Crippen LogP contribution in [0.2, 0.25) is 0 Å². The van der Waals surface area contributed by atoms with E-state index in [1.54, 1.807) is 25.1 Å². The molecule has 1 aromatic rings. The largest absolute Gasteiger partial charge is 0.535 e. The normalized spacial score (nSPS) is 12.5. The summed E-state index contributed by atoms with van der Waals surface area (Å²) in [5.74, 6) is 0.722. The summed E-state index contributed by atoms with van der Waals surface area (Å²) in [6, 6.07) is 5.12. The quantitative estimate of drug-likeness (QED) is 0.494. The minimum Gasteiger partial charge on any atom is -0.213 e. The molecular formula is C10H14O5PS2+. The van der Waals surface area contributed by atoms with Crippen LogP contribution in [0.1, 0.15) is 12.5 Å². The number of rotatable bonds is 6. The molecular weight excluding hydrogens is 295 g/mol. The average Bonchev–Trinajstić information content (AvgIpc) is 2.27. The van der Waals surface area contributed by atoms with Gasteiger partial charge in [-0.2, -0.15) is 13.3 Å². The molecule has 100 valence electrons. The van der Waals surface area contributed by atoms with Crippen LogP contribution in [0.3, 0.4) is 0 Å². The lowest BCUT2D eigenvalue weighted by Crippen LogP contribution is -2.09. The minimum atomic E-state index is -4.00. The Balaban J connectivity index is 3.17. The highest BCUT2D eigenvalue weighted by Gasteiger charge is 2.26. The molecule has 8 heteroatoms. The Bertz CT molecular complexity index is 541. The van der Waals surface area contributed by atoms with Gasteiger partial charge in [0.25, 0.3) is 6.35 Å². The Morgan fingerprint density at radius 1 is 1.44 bits per heavy atom. The summed E-state index contributed by atoms with van der Waals surface area (Å²) in [6.07, 6.45) is -0.720. The highest BCUT2D eigenvalue weighted by molar-refractivity contribution is 8.00. The van der Waals surface area contributed by atoms with Crippen LogP contribution in [-0.4, -0.2) is 25.4 Å². The first-order valence-electron chi connectivity index (χ1n) is 5.14. The highest BCUT2D eigenvalue weighted by Crippen LogP contribution is 2.31. The zero-order chi connectivity index (χ0) is 13.8. The van der Waals surface area contributed by atoms with E-state index in [1.165, 1.54) is 11.8 Å². The first kappa shape index (κ1) is 15.6. The van der Waals surface area contributed by atoms with Gasteiger partial charge in [0, 0.05) is 4.90 Å². The first-order valence-corrected chi connectivity index (χ1v) is 8.93. The van der Waals surface area contributed by atoms with Gasteiger partial charge in [-0.15, -0.1) is 11.8 Å². The fraction of sp³-hybridized carbons (Fsp3) is 0.400. The fourth-order valence-corrected chi connectivity index (χ4v) is 4.46. The summed E-state index contributed by atoms with van der Waals surface area (Å²) >= 11 is 1.38. The van der Waals surface area contributed by atoms with Gasteiger partial charge in [0.2, 0.25) is 0 Å². The van der Waals surface area contributed by atoms with Crippen molar-refractivity contribution in [2.75, 3.05) is 12.1 Å². The number of hydrogen-bond donors (Lipinski definition) is 1. The molecule has 1 aromatic carbocycles. The summed E-state index contributed by atoms with van der Waals surface area (Å²) in [5.41, 5.74) is 0.557. The maximum Gasteiger partial charge on any atom is 0.535 e. The van der Waals surface area contributed by atoms with Crippen molar-refractivity contribution in [1.82, 2.24) is 0 Å². The Kier molecular flexibility index (Phi) is 5.75.